The molecule has 3 rings (SSSR count). The van der Waals surface area contributed by atoms with Crippen LogP contribution in [0.3, 0.4) is 0 Å². The fraction of sp³-hybridized carbons (Fsp3) is 0.529. The largest absolute Gasteiger partial charge is 0.481 e. The number of carboxylic acid groups (broad SMARTS) is 2. The molecule has 1 aliphatic rings. The second-order valence-electron chi connectivity index (χ2n) is 13.3. The van der Waals surface area contributed by atoms with E-state index in [9.17, 15) is 33.9 Å². The zero-order valence-corrected chi connectivity index (χ0v) is 30.0. The molecule has 20 nitrogen and oxygen atoms in total. The molecule has 2 aromatic rings. The molecule has 20 heteroatoms. The first-order valence-electron chi connectivity index (χ1n) is 17.7. The molecule has 1 fully saturated rings. The summed E-state index contributed by atoms with van der Waals surface area (Å²) in [4.78, 5) is 88.8. The summed E-state index contributed by atoms with van der Waals surface area (Å²) in [6.07, 6.45) is 3.17. The quantitative estimate of drug-likeness (QED) is 0.0351. The summed E-state index contributed by atoms with van der Waals surface area (Å²) in [6, 6.07) is 2.31. The normalized spacial score (nSPS) is 15.5. The van der Waals surface area contributed by atoms with Gasteiger partial charge >= 0.3 is 11.9 Å². The number of hydrogen-bond acceptors (Lipinski definition) is 9. The van der Waals surface area contributed by atoms with E-state index in [4.69, 9.17) is 33.8 Å². The molecule has 4 amide bonds. The number of para-hydroxylation sites is 1. The average Bonchev–Trinajstić information content (AvgIpc) is 3.76. The summed E-state index contributed by atoms with van der Waals surface area (Å²) in [5.41, 5.74) is 27.6. The fourth-order valence-corrected chi connectivity index (χ4v) is 6.23. The second kappa shape index (κ2) is 20.4. The summed E-state index contributed by atoms with van der Waals surface area (Å²) in [5, 5.41) is 30.5. The van der Waals surface area contributed by atoms with Gasteiger partial charge in [0.15, 0.2) is 11.9 Å². The van der Waals surface area contributed by atoms with Crippen molar-refractivity contribution in [1.82, 2.24) is 26.3 Å². The lowest BCUT2D eigenvalue weighted by Gasteiger charge is -2.33. The van der Waals surface area contributed by atoms with Crippen LogP contribution >= 0.6 is 0 Å². The molecular weight excluding hydrogens is 704 g/mol. The van der Waals surface area contributed by atoms with E-state index in [0.717, 1.165) is 10.9 Å². The van der Waals surface area contributed by atoms with Crippen molar-refractivity contribution in [2.24, 2.45) is 38.7 Å². The van der Waals surface area contributed by atoms with E-state index in [1.54, 1.807) is 6.20 Å². The van der Waals surface area contributed by atoms with Crippen LogP contribution in [0.1, 0.15) is 69.8 Å². The van der Waals surface area contributed by atoms with Gasteiger partial charge in [-0.25, -0.2) is 4.79 Å². The van der Waals surface area contributed by atoms with Crippen LogP contribution in [0, 0.1) is 0 Å². The molecule has 0 aliphatic heterocycles. The third-order valence-electron chi connectivity index (χ3n) is 9.12. The summed E-state index contributed by atoms with van der Waals surface area (Å²) in [6.45, 7) is 0.254. The third kappa shape index (κ3) is 12.9. The SMILES string of the molecule is NC(N)=NCCC[C@H](NC(=O)[C@@H](N)CCC(=O)O)C(=O)NC1(C(=O)N[C@@H](CCCN=C(N)N)C(=O)N[C@@H](Cc2c[nH]c3ccccc23)C(=O)O)CCCC1. The minimum absolute atomic E-state index is 0.0233. The molecular formula is C34H52N12O8. The number of carbonyl (C=O) groups excluding carboxylic acids is 4. The zero-order valence-electron chi connectivity index (χ0n) is 30.0. The van der Waals surface area contributed by atoms with Crippen LogP contribution in [-0.2, 0) is 35.2 Å². The van der Waals surface area contributed by atoms with Gasteiger partial charge in [-0.15, -0.1) is 0 Å². The highest BCUT2D eigenvalue weighted by molar-refractivity contribution is 5.98. The molecule has 1 heterocycles. The number of aromatic nitrogens is 1. The highest BCUT2D eigenvalue weighted by atomic mass is 16.4. The first-order chi connectivity index (χ1) is 25.6. The standard InChI is InChI=1S/C34H52N12O8/c35-21(11-12-26(47)48)27(49)43-24(10-6-16-41-33(38)39)29(51)46-34(13-3-4-14-34)31(54)45-23(9-5-15-40-32(36)37)28(50)44-25(30(52)53)17-19-18-42-22-8-2-1-7-20(19)22/h1-2,7-8,18,21,23-25,42H,3-6,9-17,35H2,(H,43,49)(H,44,50)(H,45,54)(H,46,51)(H,47,48)(H,52,53)(H4,36,37,40)(H4,38,39,41)/t21-,23-,24-,25-/m0/s1. The Morgan fingerprint density at radius 1 is 0.778 bits per heavy atom. The number of nitrogens with zero attached hydrogens (tertiary/aromatic N) is 2. The van der Waals surface area contributed by atoms with E-state index in [0.29, 0.717) is 18.4 Å². The van der Waals surface area contributed by atoms with Crippen molar-refractivity contribution >= 4 is 58.4 Å². The van der Waals surface area contributed by atoms with Crippen LogP contribution in [0.4, 0.5) is 0 Å². The van der Waals surface area contributed by atoms with Crippen molar-refractivity contribution < 1.29 is 39.0 Å². The Bertz CT molecular complexity index is 1700. The molecule has 54 heavy (non-hydrogen) atoms. The number of fused-ring (bicyclic) bond motifs is 1. The Morgan fingerprint density at radius 2 is 1.35 bits per heavy atom. The van der Waals surface area contributed by atoms with E-state index in [1.165, 1.54) is 0 Å². The lowest BCUT2D eigenvalue weighted by atomic mass is 9.94. The van der Waals surface area contributed by atoms with Crippen LogP contribution in [0.15, 0.2) is 40.4 Å². The summed E-state index contributed by atoms with van der Waals surface area (Å²) in [5.74, 6) is -5.68. The van der Waals surface area contributed by atoms with Gasteiger partial charge in [0.05, 0.1) is 6.04 Å². The number of nitrogens with one attached hydrogen (secondary N) is 5. The monoisotopic (exact) mass is 756 g/mol. The Balaban J connectivity index is 1.81. The first kappa shape index (κ1) is 42.5. The van der Waals surface area contributed by atoms with E-state index < -0.39 is 65.3 Å². The number of nitrogens with two attached hydrogens (primary N) is 5. The molecule has 0 saturated heterocycles. The Labute approximate surface area is 311 Å². The van der Waals surface area contributed by atoms with Crippen LogP contribution in [0.25, 0.3) is 10.9 Å². The third-order valence-corrected chi connectivity index (χ3v) is 9.12. The molecule has 296 valence electrons. The van der Waals surface area contributed by atoms with Crippen molar-refractivity contribution in [1.29, 1.82) is 0 Å². The van der Waals surface area contributed by atoms with Crippen molar-refractivity contribution in [3.63, 3.8) is 0 Å². The molecule has 0 spiro atoms. The number of carboxylic acids is 2. The summed E-state index contributed by atoms with van der Waals surface area (Å²) >= 11 is 0. The predicted molar refractivity (Wildman–Crippen MR) is 199 cm³/mol. The Hall–Kier alpha value is -5.92. The minimum Gasteiger partial charge on any atom is -0.481 e. The molecule has 0 unspecified atom stereocenters. The highest BCUT2D eigenvalue weighted by Gasteiger charge is 2.45. The van der Waals surface area contributed by atoms with Gasteiger partial charge in [0.1, 0.15) is 23.7 Å². The number of H-pyrrole nitrogens is 1. The van der Waals surface area contributed by atoms with Crippen molar-refractivity contribution in [2.45, 2.75) is 100 Å². The molecule has 1 aliphatic carbocycles. The van der Waals surface area contributed by atoms with Gasteiger partial charge in [-0.2, -0.15) is 0 Å². The lowest BCUT2D eigenvalue weighted by molar-refractivity contribution is -0.142. The van der Waals surface area contributed by atoms with E-state index >= 15 is 0 Å². The lowest BCUT2D eigenvalue weighted by Crippen LogP contribution is -2.64. The van der Waals surface area contributed by atoms with Gasteiger partial charge in [-0.05, 0) is 56.6 Å². The number of aromatic amines is 1. The van der Waals surface area contributed by atoms with Gasteiger partial charge in [-0.3, -0.25) is 34.0 Å². The average molecular weight is 757 g/mol. The Kier molecular flexibility index (Phi) is 16.0. The van der Waals surface area contributed by atoms with Crippen molar-refractivity contribution in [2.75, 3.05) is 13.1 Å². The van der Waals surface area contributed by atoms with Gasteiger partial charge in [0.2, 0.25) is 23.6 Å². The number of aliphatic imine (C=N–C) groups is 2. The minimum atomic E-state index is -1.49. The van der Waals surface area contributed by atoms with Gasteiger partial charge in [0.25, 0.3) is 0 Å². The maximum atomic E-state index is 14.1. The van der Waals surface area contributed by atoms with Gasteiger partial charge in [0, 0.05) is 43.0 Å². The molecule has 1 aromatic heterocycles. The molecule has 17 N–H and O–H groups in total. The zero-order chi connectivity index (χ0) is 39.8. The maximum Gasteiger partial charge on any atom is 0.326 e. The molecule has 1 saturated carbocycles. The number of rotatable bonds is 22. The number of hydrogen-bond donors (Lipinski definition) is 12. The highest BCUT2D eigenvalue weighted by Crippen LogP contribution is 2.30. The van der Waals surface area contributed by atoms with E-state index in [-0.39, 0.29) is 82.8 Å². The molecule has 0 radical (unpaired) electrons. The molecule has 1 aromatic carbocycles. The van der Waals surface area contributed by atoms with Crippen LogP contribution in [0.5, 0.6) is 0 Å². The first-order valence-corrected chi connectivity index (χ1v) is 17.7. The van der Waals surface area contributed by atoms with Gasteiger partial charge < -0.3 is 65.1 Å². The number of carbonyl (C=O) groups is 6. The number of amides is 4. The van der Waals surface area contributed by atoms with Crippen LogP contribution in [0.2, 0.25) is 0 Å². The predicted octanol–water partition coefficient (Wildman–Crippen LogP) is -2.02. The second-order valence-corrected chi connectivity index (χ2v) is 13.3. The van der Waals surface area contributed by atoms with E-state index in [2.05, 4.69) is 36.2 Å². The molecule has 4 atom stereocenters. The number of aliphatic carboxylic acids is 2. The van der Waals surface area contributed by atoms with Crippen LogP contribution in [-0.4, -0.2) is 105 Å². The fourth-order valence-electron chi connectivity index (χ4n) is 6.23. The topological polar surface area (TPSA) is 362 Å². The maximum absolute atomic E-state index is 14.1. The smallest absolute Gasteiger partial charge is 0.326 e. The number of guanidine groups is 2. The Morgan fingerprint density at radius 3 is 1.93 bits per heavy atom. The van der Waals surface area contributed by atoms with Crippen LogP contribution < -0.4 is 49.9 Å². The summed E-state index contributed by atoms with van der Waals surface area (Å²) < 4.78 is 0. The van der Waals surface area contributed by atoms with Gasteiger partial charge in [-0.1, -0.05) is 31.0 Å². The van der Waals surface area contributed by atoms with Crippen molar-refractivity contribution in [3.05, 3.63) is 36.0 Å². The van der Waals surface area contributed by atoms with Crippen molar-refractivity contribution in [3.8, 4) is 0 Å². The summed E-state index contributed by atoms with van der Waals surface area (Å²) in [7, 11) is 0. The number of benzene rings is 1. The molecule has 0 bridgehead atoms. The van der Waals surface area contributed by atoms with E-state index in [1.807, 2.05) is 24.3 Å².